The van der Waals surface area contributed by atoms with E-state index in [0.717, 1.165) is 16.7 Å². The van der Waals surface area contributed by atoms with E-state index < -0.39 is 0 Å². The number of carbonyl (C=O) groups is 1. The molecular formula is C15H11ClO2. The number of fused-ring (bicyclic) bond motifs is 1. The molecule has 2 aromatic rings. The van der Waals surface area contributed by atoms with Crippen LogP contribution in [0.4, 0.5) is 0 Å². The Morgan fingerprint density at radius 1 is 1.17 bits per heavy atom. The molecule has 0 saturated heterocycles. The van der Waals surface area contributed by atoms with Crippen LogP contribution in [0.3, 0.4) is 0 Å². The highest BCUT2D eigenvalue weighted by Gasteiger charge is 2.30. The lowest BCUT2D eigenvalue weighted by molar-refractivity contribution is -0.133. The highest BCUT2D eigenvalue weighted by Crippen LogP contribution is 2.41. The van der Waals surface area contributed by atoms with Crippen LogP contribution in [0.5, 0.6) is 5.75 Å². The van der Waals surface area contributed by atoms with Crippen LogP contribution in [-0.4, -0.2) is 5.97 Å². The molecule has 0 spiro atoms. The van der Waals surface area contributed by atoms with Crippen molar-refractivity contribution in [3.63, 3.8) is 0 Å². The maximum absolute atomic E-state index is 11.5. The van der Waals surface area contributed by atoms with E-state index in [1.54, 1.807) is 0 Å². The van der Waals surface area contributed by atoms with Crippen molar-refractivity contribution in [2.24, 2.45) is 0 Å². The number of halogens is 1. The highest BCUT2D eigenvalue weighted by molar-refractivity contribution is 6.33. The van der Waals surface area contributed by atoms with Gasteiger partial charge in [0.15, 0.2) is 0 Å². The zero-order chi connectivity index (χ0) is 12.7. The van der Waals surface area contributed by atoms with Crippen molar-refractivity contribution in [1.29, 1.82) is 0 Å². The second-order valence-electron chi connectivity index (χ2n) is 4.38. The van der Waals surface area contributed by atoms with Crippen molar-refractivity contribution in [3.05, 3.63) is 53.1 Å². The standard InChI is InChI=1S/C15H11ClO2/c1-9-11-7-13(16)12(8-14(11)18-15(9)17)10-5-3-2-4-6-10/h2-9H,1H3/t9-/m0/s1. The summed E-state index contributed by atoms with van der Waals surface area (Å²) in [4.78, 5) is 11.5. The molecule has 3 heteroatoms. The third-order valence-corrected chi connectivity index (χ3v) is 3.53. The van der Waals surface area contributed by atoms with Crippen LogP contribution >= 0.6 is 11.6 Å². The van der Waals surface area contributed by atoms with E-state index in [4.69, 9.17) is 16.3 Å². The topological polar surface area (TPSA) is 26.3 Å². The van der Waals surface area contributed by atoms with Crippen molar-refractivity contribution >= 4 is 17.6 Å². The van der Waals surface area contributed by atoms with Gasteiger partial charge in [-0.3, -0.25) is 4.79 Å². The molecule has 2 aromatic carbocycles. The second-order valence-corrected chi connectivity index (χ2v) is 4.79. The van der Waals surface area contributed by atoms with Crippen LogP contribution in [0.15, 0.2) is 42.5 Å². The molecule has 0 unspecified atom stereocenters. The summed E-state index contributed by atoms with van der Waals surface area (Å²) in [5, 5.41) is 0.644. The molecule has 0 aliphatic carbocycles. The van der Waals surface area contributed by atoms with Crippen LogP contribution in [0, 0.1) is 0 Å². The number of esters is 1. The van der Waals surface area contributed by atoms with Gasteiger partial charge in [-0.1, -0.05) is 41.9 Å². The van der Waals surface area contributed by atoms with Crippen LogP contribution in [0.1, 0.15) is 18.4 Å². The smallest absolute Gasteiger partial charge is 0.318 e. The predicted octanol–water partition coefficient (Wildman–Crippen LogP) is 4.03. The highest BCUT2D eigenvalue weighted by atomic mass is 35.5. The largest absolute Gasteiger partial charge is 0.426 e. The van der Waals surface area contributed by atoms with Crippen LogP contribution in [0.2, 0.25) is 5.02 Å². The van der Waals surface area contributed by atoms with Crippen molar-refractivity contribution in [1.82, 2.24) is 0 Å². The Bertz CT molecular complexity index is 620. The van der Waals surface area contributed by atoms with Crippen molar-refractivity contribution in [3.8, 4) is 16.9 Å². The normalized spacial score (nSPS) is 17.4. The van der Waals surface area contributed by atoms with E-state index in [9.17, 15) is 4.79 Å². The Labute approximate surface area is 110 Å². The van der Waals surface area contributed by atoms with Crippen LogP contribution < -0.4 is 4.74 Å². The van der Waals surface area contributed by atoms with E-state index >= 15 is 0 Å². The zero-order valence-corrected chi connectivity index (χ0v) is 10.6. The lowest BCUT2D eigenvalue weighted by atomic mass is 9.98. The molecule has 18 heavy (non-hydrogen) atoms. The maximum Gasteiger partial charge on any atom is 0.318 e. The maximum atomic E-state index is 11.5. The number of carbonyl (C=O) groups excluding carboxylic acids is 1. The van der Waals surface area contributed by atoms with Gasteiger partial charge < -0.3 is 4.74 Å². The summed E-state index contributed by atoms with van der Waals surface area (Å²) in [7, 11) is 0. The van der Waals surface area contributed by atoms with Gasteiger partial charge in [-0.05, 0) is 24.6 Å². The number of hydrogen-bond donors (Lipinski definition) is 0. The lowest BCUT2D eigenvalue weighted by Gasteiger charge is -2.07. The Hall–Kier alpha value is -1.80. The molecule has 3 rings (SSSR count). The Balaban J connectivity index is 2.15. The van der Waals surface area contributed by atoms with Gasteiger partial charge in [0.05, 0.1) is 5.92 Å². The minimum absolute atomic E-state index is 0.216. The summed E-state index contributed by atoms with van der Waals surface area (Å²) in [5.41, 5.74) is 2.77. The van der Waals surface area contributed by atoms with E-state index in [0.29, 0.717) is 10.8 Å². The summed E-state index contributed by atoms with van der Waals surface area (Å²) in [6.07, 6.45) is 0. The summed E-state index contributed by atoms with van der Waals surface area (Å²) in [6, 6.07) is 13.5. The fourth-order valence-electron chi connectivity index (χ4n) is 2.16. The van der Waals surface area contributed by atoms with E-state index in [-0.39, 0.29) is 11.9 Å². The quantitative estimate of drug-likeness (QED) is 0.570. The number of benzene rings is 2. The van der Waals surface area contributed by atoms with Gasteiger partial charge in [-0.15, -0.1) is 0 Å². The molecule has 1 atom stereocenters. The van der Waals surface area contributed by atoms with E-state index in [1.165, 1.54) is 0 Å². The van der Waals surface area contributed by atoms with E-state index in [1.807, 2.05) is 49.4 Å². The fraction of sp³-hybridized carbons (Fsp3) is 0.133. The van der Waals surface area contributed by atoms with Gasteiger partial charge in [0, 0.05) is 16.1 Å². The number of ether oxygens (including phenoxy) is 1. The summed E-state index contributed by atoms with van der Waals surface area (Å²) in [5.74, 6) is 0.171. The minimum Gasteiger partial charge on any atom is -0.426 e. The molecule has 0 N–H and O–H groups in total. The van der Waals surface area contributed by atoms with Gasteiger partial charge in [0.2, 0.25) is 0 Å². The SMILES string of the molecule is C[C@@H]1C(=O)Oc2cc(-c3ccccc3)c(Cl)cc21. The van der Waals surface area contributed by atoms with Crippen molar-refractivity contribution in [2.75, 3.05) is 0 Å². The van der Waals surface area contributed by atoms with Crippen LogP contribution in [0.25, 0.3) is 11.1 Å². The average molecular weight is 259 g/mol. The van der Waals surface area contributed by atoms with Crippen LogP contribution in [-0.2, 0) is 4.79 Å². The van der Waals surface area contributed by atoms with Gasteiger partial charge in [0.25, 0.3) is 0 Å². The molecule has 0 aromatic heterocycles. The predicted molar refractivity (Wildman–Crippen MR) is 70.9 cm³/mol. The molecular weight excluding hydrogens is 248 g/mol. The van der Waals surface area contributed by atoms with Crippen molar-refractivity contribution in [2.45, 2.75) is 12.8 Å². The molecule has 0 bridgehead atoms. The first-order valence-electron chi connectivity index (χ1n) is 5.77. The molecule has 2 nitrogen and oxygen atoms in total. The summed E-state index contributed by atoms with van der Waals surface area (Å²) < 4.78 is 5.24. The Morgan fingerprint density at radius 2 is 1.89 bits per heavy atom. The molecule has 0 saturated carbocycles. The van der Waals surface area contributed by atoms with Gasteiger partial charge in [-0.25, -0.2) is 0 Å². The minimum atomic E-state index is -0.234. The number of rotatable bonds is 1. The first kappa shape index (κ1) is 11.3. The van der Waals surface area contributed by atoms with Gasteiger partial charge in [0.1, 0.15) is 5.75 Å². The third kappa shape index (κ3) is 1.70. The fourth-order valence-corrected chi connectivity index (χ4v) is 2.44. The Morgan fingerprint density at radius 3 is 2.61 bits per heavy atom. The average Bonchev–Trinajstić information content (AvgIpc) is 2.66. The molecule has 0 amide bonds. The second kappa shape index (κ2) is 4.14. The molecule has 1 aliphatic rings. The van der Waals surface area contributed by atoms with Gasteiger partial charge in [-0.2, -0.15) is 0 Å². The van der Waals surface area contributed by atoms with Gasteiger partial charge >= 0.3 is 5.97 Å². The first-order valence-corrected chi connectivity index (χ1v) is 6.15. The third-order valence-electron chi connectivity index (χ3n) is 3.21. The summed E-state index contributed by atoms with van der Waals surface area (Å²) in [6.45, 7) is 1.83. The number of hydrogen-bond acceptors (Lipinski definition) is 2. The van der Waals surface area contributed by atoms with E-state index in [2.05, 4.69) is 0 Å². The monoisotopic (exact) mass is 258 g/mol. The molecule has 1 heterocycles. The Kier molecular flexibility index (Phi) is 2.60. The summed E-state index contributed by atoms with van der Waals surface area (Å²) >= 11 is 6.29. The molecule has 90 valence electrons. The first-order chi connectivity index (χ1) is 8.66. The molecule has 0 fully saturated rings. The lowest BCUT2D eigenvalue weighted by Crippen LogP contribution is -2.05. The molecule has 1 aliphatic heterocycles. The zero-order valence-electron chi connectivity index (χ0n) is 9.81. The molecule has 0 radical (unpaired) electrons. The van der Waals surface area contributed by atoms with Crippen molar-refractivity contribution < 1.29 is 9.53 Å².